The summed E-state index contributed by atoms with van der Waals surface area (Å²) in [6.45, 7) is 8.69. The fourth-order valence-electron chi connectivity index (χ4n) is 1.12. The first kappa shape index (κ1) is 14.4. The summed E-state index contributed by atoms with van der Waals surface area (Å²) in [7, 11) is 0. The highest BCUT2D eigenvalue weighted by atomic mass is 16.5. The minimum Gasteiger partial charge on any atom is -0.387 e. The van der Waals surface area contributed by atoms with Crippen molar-refractivity contribution < 1.29 is 9.47 Å². The van der Waals surface area contributed by atoms with Gasteiger partial charge in [0.2, 0.25) is 0 Å². The van der Waals surface area contributed by atoms with Crippen molar-refractivity contribution in [2.45, 2.75) is 33.6 Å². The van der Waals surface area contributed by atoms with Gasteiger partial charge in [-0.05, 0) is 19.8 Å². The van der Waals surface area contributed by atoms with Gasteiger partial charge < -0.3 is 15.2 Å². The Hall–Kier alpha value is -0.610. The van der Waals surface area contributed by atoms with Gasteiger partial charge in [-0.2, -0.15) is 0 Å². The minimum absolute atomic E-state index is 0.205. The Bertz CT molecular complexity index is 181. The number of ether oxygens (including phenoxy) is 2. The SMILES string of the molecule is CCOCCOCCCC(C)(C)C(=N)N. The van der Waals surface area contributed by atoms with E-state index in [0.29, 0.717) is 19.8 Å². The molecule has 0 saturated heterocycles. The highest BCUT2D eigenvalue weighted by Gasteiger charge is 2.20. The second kappa shape index (κ2) is 7.65. The maximum absolute atomic E-state index is 7.39. The minimum atomic E-state index is -0.205. The van der Waals surface area contributed by atoms with Gasteiger partial charge in [-0.3, -0.25) is 5.41 Å². The average molecular weight is 216 g/mol. The van der Waals surface area contributed by atoms with Crippen LogP contribution in [0.4, 0.5) is 0 Å². The molecule has 0 aliphatic heterocycles. The fourth-order valence-corrected chi connectivity index (χ4v) is 1.12. The van der Waals surface area contributed by atoms with Gasteiger partial charge in [0.25, 0.3) is 0 Å². The van der Waals surface area contributed by atoms with Gasteiger partial charge in [-0.1, -0.05) is 13.8 Å². The van der Waals surface area contributed by atoms with Gasteiger partial charge in [0, 0.05) is 18.6 Å². The predicted octanol–water partition coefficient (Wildman–Crippen LogP) is 1.78. The normalized spacial score (nSPS) is 11.7. The number of amidine groups is 1. The Morgan fingerprint density at radius 1 is 1.20 bits per heavy atom. The van der Waals surface area contributed by atoms with Crippen LogP contribution in [0.5, 0.6) is 0 Å². The summed E-state index contributed by atoms with van der Waals surface area (Å²) in [6.07, 6.45) is 1.82. The fraction of sp³-hybridized carbons (Fsp3) is 0.909. The summed E-state index contributed by atoms with van der Waals surface area (Å²) in [4.78, 5) is 0. The molecule has 0 saturated carbocycles. The van der Waals surface area contributed by atoms with Crippen molar-refractivity contribution in [3.05, 3.63) is 0 Å². The van der Waals surface area contributed by atoms with E-state index in [9.17, 15) is 0 Å². The lowest BCUT2D eigenvalue weighted by atomic mass is 9.87. The quantitative estimate of drug-likeness (QED) is 0.351. The van der Waals surface area contributed by atoms with E-state index in [-0.39, 0.29) is 11.3 Å². The zero-order valence-electron chi connectivity index (χ0n) is 10.1. The van der Waals surface area contributed by atoms with Crippen molar-refractivity contribution in [3.8, 4) is 0 Å². The van der Waals surface area contributed by atoms with E-state index in [2.05, 4.69) is 0 Å². The Morgan fingerprint density at radius 2 is 1.80 bits per heavy atom. The van der Waals surface area contributed by atoms with Crippen LogP contribution in [0.2, 0.25) is 0 Å². The molecule has 0 atom stereocenters. The highest BCUT2D eigenvalue weighted by Crippen LogP contribution is 2.21. The Labute approximate surface area is 92.6 Å². The third-order valence-electron chi connectivity index (χ3n) is 2.40. The van der Waals surface area contributed by atoms with Crippen molar-refractivity contribution in [2.24, 2.45) is 11.1 Å². The first-order valence-corrected chi connectivity index (χ1v) is 5.50. The van der Waals surface area contributed by atoms with Crippen molar-refractivity contribution in [3.63, 3.8) is 0 Å². The number of nitrogens with two attached hydrogens (primary N) is 1. The molecule has 4 heteroatoms. The van der Waals surface area contributed by atoms with Crippen molar-refractivity contribution >= 4 is 5.84 Å². The second-order valence-corrected chi connectivity index (χ2v) is 4.21. The molecular weight excluding hydrogens is 192 g/mol. The number of rotatable bonds is 9. The third kappa shape index (κ3) is 7.33. The van der Waals surface area contributed by atoms with Crippen LogP contribution in [-0.2, 0) is 9.47 Å². The maximum atomic E-state index is 7.39. The molecule has 0 spiro atoms. The average Bonchev–Trinajstić information content (AvgIpc) is 2.16. The lowest BCUT2D eigenvalue weighted by Gasteiger charge is -2.22. The Balaban J connectivity index is 3.35. The van der Waals surface area contributed by atoms with E-state index in [4.69, 9.17) is 20.6 Å². The maximum Gasteiger partial charge on any atom is 0.0963 e. The van der Waals surface area contributed by atoms with E-state index in [1.54, 1.807) is 0 Å². The molecule has 0 fully saturated rings. The summed E-state index contributed by atoms with van der Waals surface area (Å²) in [5.74, 6) is 0.247. The van der Waals surface area contributed by atoms with Crippen molar-refractivity contribution in [1.82, 2.24) is 0 Å². The molecular formula is C11H24N2O2. The third-order valence-corrected chi connectivity index (χ3v) is 2.40. The molecule has 0 aromatic heterocycles. The molecule has 3 N–H and O–H groups in total. The van der Waals surface area contributed by atoms with Gasteiger partial charge in [0.1, 0.15) is 0 Å². The summed E-state index contributed by atoms with van der Waals surface area (Å²) in [5, 5.41) is 7.39. The van der Waals surface area contributed by atoms with E-state index in [1.807, 2.05) is 20.8 Å². The largest absolute Gasteiger partial charge is 0.387 e. The zero-order valence-corrected chi connectivity index (χ0v) is 10.1. The smallest absolute Gasteiger partial charge is 0.0963 e. The van der Waals surface area contributed by atoms with E-state index in [1.165, 1.54) is 0 Å². The molecule has 90 valence electrons. The van der Waals surface area contributed by atoms with E-state index >= 15 is 0 Å². The van der Waals surface area contributed by atoms with Gasteiger partial charge in [0.15, 0.2) is 0 Å². The molecule has 4 nitrogen and oxygen atoms in total. The molecule has 0 rings (SSSR count). The molecule has 0 unspecified atom stereocenters. The Morgan fingerprint density at radius 3 is 2.33 bits per heavy atom. The molecule has 0 aliphatic carbocycles. The highest BCUT2D eigenvalue weighted by molar-refractivity contribution is 5.82. The van der Waals surface area contributed by atoms with Crippen molar-refractivity contribution in [1.29, 1.82) is 5.41 Å². The number of hydrogen-bond donors (Lipinski definition) is 2. The van der Waals surface area contributed by atoms with Crippen LogP contribution in [0.1, 0.15) is 33.6 Å². The van der Waals surface area contributed by atoms with Crippen molar-refractivity contribution in [2.75, 3.05) is 26.4 Å². The summed E-state index contributed by atoms with van der Waals surface area (Å²) in [5.41, 5.74) is 5.27. The molecule has 0 aromatic carbocycles. The first-order chi connectivity index (χ1) is 7.00. The first-order valence-electron chi connectivity index (χ1n) is 5.50. The lowest BCUT2D eigenvalue weighted by molar-refractivity contribution is 0.0499. The van der Waals surface area contributed by atoms with Crippen LogP contribution in [0, 0.1) is 10.8 Å². The molecule has 0 heterocycles. The zero-order chi connectivity index (χ0) is 11.7. The second-order valence-electron chi connectivity index (χ2n) is 4.21. The molecule has 0 amide bonds. The number of hydrogen-bond acceptors (Lipinski definition) is 3. The monoisotopic (exact) mass is 216 g/mol. The van der Waals surface area contributed by atoms with Crippen LogP contribution in [-0.4, -0.2) is 32.3 Å². The topological polar surface area (TPSA) is 68.3 Å². The Kier molecular flexibility index (Phi) is 7.34. The molecule has 0 aromatic rings. The molecule has 0 radical (unpaired) electrons. The van der Waals surface area contributed by atoms with E-state index < -0.39 is 0 Å². The number of nitrogens with one attached hydrogen (secondary N) is 1. The summed E-state index contributed by atoms with van der Waals surface area (Å²) in [6, 6.07) is 0. The molecule has 0 bridgehead atoms. The molecule has 15 heavy (non-hydrogen) atoms. The predicted molar refractivity (Wildman–Crippen MR) is 62.2 cm³/mol. The van der Waals surface area contributed by atoms with Gasteiger partial charge in [-0.15, -0.1) is 0 Å². The lowest BCUT2D eigenvalue weighted by Crippen LogP contribution is -2.31. The van der Waals surface area contributed by atoms with Gasteiger partial charge >= 0.3 is 0 Å². The standard InChI is InChI=1S/C11H24N2O2/c1-4-14-8-9-15-7-5-6-11(2,3)10(12)13/h4-9H2,1-3H3,(H3,12,13). The van der Waals surface area contributed by atoms with Crippen LogP contribution >= 0.6 is 0 Å². The van der Waals surface area contributed by atoms with Crippen LogP contribution in [0.3, 0.4) is 0 Å². The molecule has 0 aliphatic rings. The van der Waals surface area contributed by atoms with Gasteiger partial charge in [0.05, 0.1) is 19.0 Å². The summed E-state index contributed by atoms with van der Waals surface area (Å²) >= 11 is 0. The van der Waals surface area contributed by atoms with Crippen LogP contribution in [0.25, 0.3) is 0 Å². The van der Waals surface area contributed by atoms with Crippen LogP contribution in [0.15, 0.2) is 0 Å². The van der Waals surface area contributed by atoms with Gasteiger partial charge in [-0.25, -0.2) is 0 Å². The van der Waals surface area contributed by atoms with Crippen LogP contribution < -0.4 is 5.73 Å². The summed E-state index contributed by atoms with van der Waals surface area (Å²) < 4.78 is 10.5. The van der Waals surface area contributed by atoms with E-state index in [0.717, 1.165) is 19.4 Å².